The normalized spacial score (nSPS) is 17.7. The molecular formula is C43H52N4O3P2S. The van der Waals surface area contributed by atoms with Crippen LogP contribution in [0.25, 0.3) is 0 Å². The number of hydrogen-bond donors (Lipinski definition) is 3. The van der Waals surface area contributed by atoms with Crippen molar-refractivity contribution in [2.75, 3.05) is 37.7 Å². The molecule has 2 fully saturated rings. The molecule has 0 spiro atoms. The first-order valence-electron chi connectivity index (χ1n) is 19.0. The molecule has 53 heavy (non-hydrogen) atoms. The highest BCUT2D eigenvalue weighted by atomic mass is 32.2. The Bertz CT molecular complexity index is 1560. The Labute approximate surface area is 322 Å². The van der Waals surface area contributed by atoms with Gasteiger partial charge >= 0.3 is 6.03 Å². The summed E-state index contributed by atoms with van der Waals surface area (Å²) in [6.07, 6.45) is 7.16. The predicted octanol–water partition coefficient (Wildman–Crippen LogP) is 6.09. The third-order valence-corrected chi connectivity index (χ3v) is 16.5. The van der Waals surface area contributed by atoms with Crippen LogP contribution in [0.3, 0.4) is 0 Å². The molecular weight excluding hydrogens is 715 g/mol. The third-order valence-electron chi connectivity index (χ3n) is 10.0. The molecule has 2 saturated heterocycles. The number of fused-ring (bicyclic) bond motifs is 1. The number of amides is 4. The Morgan fingerprint density at radius 3 is 1.66 bits per heavy atom. The number of hydrogen-bond acceptors (Lipinski definition) is 4. The topological polar surface area (TPSA) is 90.5 Å². The lowest BCUT2D eigenvalue weighted by molar-refractivity contribution is -0.130. The summed E-state index contributed by atoms with van der Waals surface area (Å²) in [5.74, 6) is 1.24. The van der Waals surface area contributed by atoms with Crippen LogP contribution >= 0.6 is 27.6 Å². The Morgan fingerprint density at radius 1 is 0.660 bits per heavy atom. The summed E-state index contributed by atoms with van der Waals surface area (Å²) >= 11 is 1.92. The van der Waals surface area contributed by atoms with Crippen LogP contribution in [0.4, 0.5) is 4.79 Å². The van der Waals surface area contributed by atoms with Crippen molar-refractivity contribution in [3.8, 4) is 0 Å². The Kier molecular flexibility index (Phi) is 15.2. The van der Waals surface area contributed by atoms with Gasteiger partial charge in [-0.15, -0.1) is 0 Å². The summed E-state index contributed by atoms with van der Waals surface area (Å²) in [5.41, 5.74) is 0. The first-order valence-corrected chi connectivity index (χ1v) is 23.1. The van der Waals surface area contributed by atoms with Gasteiger partial charge in [-0.3, -0.25) is 9.59 Å². The van der Waals surface area contributed by atoms with Crippen molar-refractivity contribution in [2.45, 2.75) is 62.3 Å². The van der Waals surface area contributed by atoms with Gasteiger partial charge < -0.3 is 20.9 Å². The van der Waals surface area contributed by atoms with Crippen LogP contribution in [0, 0.1) is 0 Å². The van der Waals surface area contributed by atoms with Crippen molar-refractivity contribution in [3.63, 3.8) is 0 Å². The number of nitrogens with one attached hydrogen (secondary N) is 3. The average molecular weight is 767 g/mol. The maximum Gasteiger partial charge on any atom is 0.315 e. The molecule has 2 heterocycles. The molecule has 2 aliphatic rings. The van der Waals surface area contributed by atoms with Crippen molar-refractivity contribution >= 4 is 66.7 Å². The van der Waals surface area contributed by atoms with Crippen LogP contribution in [-0.4, -0.2) is 77.8 Å². The van der Waals surface area contributed by atoms with E-state index in [1.54, 1.807) is 0 Å². The van der Waals surface area contributed by atoms with E-state index in [0.717, 1.165) is 50.2 Å². The molecule has 0 radical (unpaired) electrons. The summed E-state index contributed by atoms with van der Waals surface area (Å²) in [6.45, 7) is 2.01. The number of thioether (sulfide) groups is 1. The number of carbonyl (C=O) groups excluding carboxylic acids is 3. The third kappa shape index (κ3) is 11.6. The Balaban J connectivity index is 1.01. The van der Waals surface area contributed by atoms with Crippen molar-refractivity contribution in [2.24, 2.45) is 0 Å². The molecule has 4 aromatic carbocycles. The van der Waals surface area contributed by atoms with Crippen LogP contribution in [0.15, 0.2) is 121 Å². The molecule has 6 rings (SSSR count). The molecule has 7 nitrogen and oxygen atoms in total. The average Bonchev–Trinajstić information content (AvgIpc) is 3.76. The molecule has 4 amide bonds. The first-order chi connectivity index (χ1) is 26.0. The Hall–Kier alpha value is -3.70. The fourth-order valence-electron chi connectivity index (χ4n) is 7.20. The minimum atomic E-state index is -0.618. The predicted molar refractivity (Wildman–Crippen MR) is 225 cm³/mol. The van der Waals surface area contributed by atoms with E-state index in [2.05, 4.69) is 142 Å². The smallest absolute Gasteiger partial charge is 0.315 e. The van der Waals surface area contributed by atoms with Gasteiger partial charge in [-0.1, -0.05) is 128 Å². The molecule has 10 heteroatoms. The van der Waals surface area contributed by atoms with Gasteiger partial charge in [0.25, 0.3) is 0 Å². The second kappa shape index (κ2) is 20.7. The van der Waals surface area contributed by atoms with Crippen LogP contribution in [0.5, 0.6) is 0 Å². The molecule has 4 aromatic rings. The van der Waals surface area contributed by atoms with Gasteiger partial charge in [-0.2, -0.15) is 11.8 Å². The summed E-state index contributed by atoms with van der Waals surface area (Å²) in [4.78, 5) is 40.3. The highest BCUT2D eigenvalue weighted by Gasteiger charge is 2.42. The van der Waals surface area contributed by atoms with E-state index in [4.69, 9.17) is 0 Å². The van der Waals surface area contributed by atoms with Crippen molar-refractivity contribution in [1.82, 2.24) is 20.9 Å². The largest absolute Gasteiger partial charge is 0.356 e. The molecule has 0 bridgehead atoms. The van der Waals surface area contributed by atoms with E-state index in [1.165, 1.54) is 21.2 Å². The van der Waals surface area contributed by atoms with Gasteiger partial charge in [0, 0.05) is 43.5 Å². The molecule has 0 saturated carbocycles. The number of nitrogens with zero attached hydrogens (tertiary/aromatic N) is 1. The highest BCUT2D eigenvalue weighted by molar-refractivity contribution is 8.00. The number of urea groups is 1. The lowest BCUT2D eigenvalue weighted by Crippen LogP contribution is -2.37. The SMILES string of the molecule is O=C(CCCC[C@@H]1SC[C@@H]2NC(=O)N[C@@H]21)NCCCCC(=O)N(CCP(c1ccccc1)c1ccccc1)CCP(c1ccccc1)c1ccccc1. The van der Waals surface area contributed by atoms with E-state index in [-0.39, 0.29) is 29.9 Å². The van der Waals surface area contributed by atoms with E-state index in [0.29, 0.717) is 37.7 Å². The standard InChI is InChI=1S/C43H52N4O3P2S/c48-40(26-14-13-25-39-42-38(33-53-39)45-43(50)46-42)44-28-16-15-27-41(49)47(29-31-51(34-17-5-1-6-18-34)35-19-7-2-8-20-35)30-32-52(36-21-9-3-10-22-36)37-23-11-4-12-24-37/h1-12,17-24,38-39,42H,13-16,25-33H2,(H,44,48)(H2,45,46,50)/t38-,39-,42-/m0/s1. The van der Waals surface area contributed by atoms with Crippen molar-refractivity contribution < 1.29 is 14.4 Å². The number of rotatable bonds is 20. The second-order valence-electron chi connectivity index (χ2n) is 13.7. The zero-order chi connectivity index (χ0) is 36.7. The van der Waals surface area contributed by atoms with E-state index >= 15 is 0 Å². The fraction of sp³-hybridized carbons (Fsp3) is 0.372. The minimum Gasteiger partial charge on any atom is -0.356 e. The van der Waals surface area contributed by atoms with Gasteiger partial charge in [0.2, 0.25) is 11.8 Å². The molecule has 278 valence electrons. The van der Waals surface area contributed by atoms with Gasteiger partial charge in [0.1, 0.15) is 0 Å². The van der Waals surface area contributed by atoms with Crippen LogP contribution in [0.2, 0.25) is 0 Å². The van der Waals surface area contributed by atoms with Crippen LogP contribution in [-0.2, 0) is 9.59 Å². The van der Waals surface area contributed by atoms with E-state index < -0.39 is 15.8 Å². The maximum atomic E-state index is 14.0. The zero-order valence-corrected chi connectivity index (χ0v) is 33.1. The highest BCUT2D eigenvalue weighted by Crippen LogP contribution is 2.36. The molecule has 0 unspecified atom stereocenters. The molecule has 3 atom stereocenters. The lowest BCUT2D eigenvalue weighted by Gasteiger charge is -2.28. The second-order valence-corrected chi connectivity index (χ2v) is 19.6. The van der Waals surface area contributed by atoms with Gasteiger partial charge in [0.15, 0.2) is 0 Å². The summed E-state index contributed by atoms with van der Waals surface area (Å²) in [6, 6.07) is 43.3. The number of unbranched alkanes of at least 4 members (excludes halogenated alkanes) is 2. The van der Waals surface area contributed by atoms with Crippen molar-refractivity contribution in [1.29, 1.82) is 0 Å². The van der Waals surface area contributed by atoms with Crippen molar-refractivity contribution in [3.05, 3.63) is 121 Å². The molecule has 3 N–H and O–H groups in total. The van der Waals surface area contributed by atoms with Gasteiger partial charge in [0.05, 0.1) is 12.1 Å². The molecule has 2 aliphatic heterocycles. The maximum absolute atomic E-state index is 14.0. The van der Waals surface area contributed by atoms with Crippen LogP contribution in [0.1, 0.15) is 44.9 Å². The lowest BCUT2D eigenvalue weighted by atomic mass is 10.0. The number of benzene rings is 4. The monoisotopic (exact) mass is 766 g/mol. The van der Waals surface area contributed by atoms with Crippen LogP contribution < -0.4 is 37.2 Å². The zero-order valence-electron chi connectivity index (χ0n) is 30.4. The number of carbonyl (C=O) groups is 3. The molecule has 0 aromatic heterocycles. The Morgan fingerprint density at radius 2 is 1.15 bits per heavy atom. The summed E-state index contributed by atoms with van der Waals surface area (Å²) in [5, 5.41) is 14.9. The summed E-state index contributed by atoms with van der Waals surface area (Å²) in [7, 11) is -1.24. The van der Waals surface area contributed by atoms with Gasteiger partial charge in [-0.25, -0.2) is 4.79 Å². The minimum absolute atomic E-state index is 0.0554. The first kappa shape index (κ1) is 39.0. The quantitative estimate of drug-likeness (QED) is 0.0578. The molecule has 0 aliphatic carbocycles. The van der Waals surface area contributed by atoms with Gasteiger partial charge in [-0.05, 0) is 75.1 Å². The van der Waals surface area contributed by atoms with E-state index in [1.807, 2.05) is 11.8 Å². The van der Waals surface area contributed by atoms with E-state index in [9.17, 15) is 14.4 Å². The fourth-order valence-corrected chi connectivity index (χ4v) is 13.4. The summed E-state index contributed by atoms with van der Waals surface area (Å²) < 4.78 is 0.